The van der Waals surface area contributed by atoms with E-state index in [1.807, 2.05) is 27.7 Å². The molecular weight excluding hydrogens is 143 g/mol. The Kier molecular flexibility index (Phi) is 1.78. The van der Waals surface area contributed by atoms with Gasteiger partial charge in [-0.25, -0.2) is 0 Å². The van der Waals surface area contributed by atoms with Crippen molar-refractivity contribution in [1.82, 2.24) is 0 Å². The van der Waals surface area contributed by atoms with Crippen molar-refractivity contribution in [3.63, 3.8) is 0 Å². The fourth-order valence-corrected chi connectivity index (χ4v) is 1.19. The Morgan fingerprint density at radius 3 is 2.09 bits per heavy atom. The van der Waals surface area contributed by atoms with Crippen molar-refractivity contribution in [2.24, 2.45) is 0 Å². The fraction of sp³-hybridized carbons (Fsp3) is 0.556. The minimum absolute atomic E-state index is 0.103. The van der Waals surface area contributed by atoms with Crippen LogP contribution in [-0.2, 0) is 5.41 Å². The maximum absolute atomic E-state index is 12.6. The summed E-state index contributed by atoms with van der Waals surface area (Å²) in [4.78, 5) is 0. The zero-order valence-corrected chi connectivity index (χ0v) is 7.36. The lowest BCUT2D eigenvalue weighted by Crippen LogP contribution is -2.10. The minimum Gasteiger partial charge on any atom is -0.435 e. The Labute approximate surface area is 66.2 Å². The van der Waals surface area contributed by atoms with Gasteiger partial charge in [0.2, 0.25) is 0 Å². The van der Waals surface area contributed by atoms with E-state index in [-0.39, 0.29) is 5.41 Å². The highest BCUT2D eigenvalue weighted by Crippen LogP contribution is 2.27. The largest absolute Gasteiger partial charge is 0.435 e. The first-order valence-corrected chi connectivity index (χ1v) is 3.67. The average molecular weight is 156 g/mol. The van der Waals surface area contributed by atoms with Gasteiger partial charge in [-0.1, -0.05) is 20.8 Å². The third kappa shape index (κ3) is 1.62. The number of furan rings is 1. The van der Waals surface area contributed by atoms with E-state index in [4.69, 9.17) is 4.42 Å². The van der Waals surface area contributed by atoms with Gasteiger partial charge in [-0.15, -0.1) is 0 Å². The third-order valence-electron chi connectivity index (χ3n) is 1.57. The van der Waals surface area contributed by atoms with E-state index in [2.05, 4.69) is 0 Å². The smallest absolute Gasteiger partial charge is 0.278 e. The Balaban J connectivity index is 3.13. The number of hydrogen-bond donors (Lipinski definition) is 0. The van der Waals surface area contributed by atoms with Gasteiger partial charge < -0.3 is 4.42 Å². The molecule has 1 aromatic rings. The van der Waals surface area contributed by atoms with Gasteiger partial charge in [-0.3, -0.25) is 0 Å². The van der Waals surface area contributed by atoms with Crippen LogP contribution in [-0.4, -0.2) is 0 Å². The maximum Gasteiger partial charge on any atom is 0.278 e. The summed E-state index contributed by atoms with van der Waals surface area (Å²) in [7, 11) is 0. The highest BCUT2D eigenvalue weighted by atomic mass is 19.1. The number of aryl methyl sites for hydroxylation is 1. The zero-order chi connectivity index (χ0) is 8.65. The van der Waals surface area contributed by atoms with Crippen LogP contribution in [0.2, 0.25) is 0 Å². The van der Waals surface area contributed by atoms with Crippen LogP contribution in [0.1, 0.15) is 32.1 Å². The summed E-state index contributed by atoms with van der Waals surface area (Å²) in [6.07, 6.45) is 0. The molecule has 0 saturated heterocycles. The van der Waals surface area contributed by atoms with Gasteiger partial charge >= 0.3 is 0 Å². The molecule has 0 spiro atoms. The molecule has 0 saturated carbocycles. The van der Waals surface area contributed by atoms with Gasteiger partial charge in [0.1, 0.15) is 5.76 Å². The molecule has 0 radical (unpaired) electrons. The summed E-state index contributed by atoms with van der Waals surface area (Å²) in [6, 6.07) is 0.924. The second kappa shape index (κ2) is 2.36. The Bertz CT molecular complexity index is 255. The van der Waals surface area contributed by atoms with Crippen molar-refractivity contribution in [2.75, 3.05) is 0 Å². The summed E-state index contributed by atoms with van der Waals surface area (Å²) < 4.78 is 17.5. The molecule has 0 fully saturated rings. The van der Waals surface area contributed by atoms with Crippen LogP contribution in [0.3, 0.4) is 0 Å². The first-order chi connectivity index (χ1) is 4.91. The molecule has 0 unspecified atom stereocenters. The summed E-state index contributed by atoms with van der Waals surface area (Å²) >= 11 is 0. The molecular formula is C9H13FO. The molecule has 1 rings (SSSR count). The Morgan fingerprint density at radius 1 is 1.36 bits per heavy atom. The van der Waals surface area contributed by atoms with E-state index < -0.39 is 6.01 Å². The lowest BCUT2D eigenvalue weighted by atomic mass is 9.91. The molecule has 1 aromatic heterocycles. The van der Waals surface area contributed by atoms with Crippen molar-refractivity contribution in [3.8, 4) is 0 Å². The quantitative estimate of drug-likeness (QED) is 0.562. The fourth-order valence-electron chi connectivity index (χ4n) is 1.19. The highest BCUT2D eigenvalue weighted by molar-refractivity contribution is 5.21. The second-order valence-corrected chi connectivity index (χ2v) is 3.81. The minimum atomic E-state index is -0.493. The van der Waals surface area contributed by atoms with Crippen LogP contribution in [0, 0.1) is 12.9 Å². The molecule has 0 aliphatic carbocycles. The molecule has 1 heterocycles. The number of hydrogen-bond acceptors (Lipinski definition) is 1. The van der Waals surface area contributed by atoms with Crippen LogP contribution in [0.25, 0.3) is 0 Å². The van der Waals surface area contributed by atoms with Crippen LogP contribution in [0.4, 0.5) is 4.39 Å². The summed E-state index contributed by atoms with van der Waals surface area (Å²) in [5.41, 5.74) is 0.782. The zero-order valence-electron chi connectivity index (χ0n) is 7.36. The molecule has 11 heavy (non-hydrogen) atoms. The van der Waals surface area contributed by atoms with Crippen molar-refractivity contribution in [2.45, 2.75) is 33.1 Å². The van der Waals surface area contributed by atoms with Crippen LogP contribution >= 0.6 is 0 Å². The van der Waals surface area contributed by atoms with E-state index >= 15 is 0 Å². The molecule has 0 aliphatic heterocycles. The predicted octanol–water partition coefficient (Wildman–Crippen LogP) is 3.02. The maximum atomic E-state index is 12.6. The second-order valence-electron chi connectivity index (χ2n) is 3.81. The lowest BCUT2D eigenvalue weighted by Gasteiger charge is -2.15. The normalized spacial score (nSPS) is 12.1. The van der Waals surface area contributed by atoms with Gasteiger partial charge in [0.15, 0.2) is 0 Å². The van der Waals surface area contributed by atoms with Crippen LogP contribution in [0.5, 0.6) is 0 Å². The summed E-state index contributed by atoms with van der Waals surface area (Å²) in [5, 5.41) is 0. The molecule has 0 amide bonds. The van der Waals surface area contributed by atoms with Gasteiger partial charge in [-0.05, 0) is 12.5 Å². The molecule has 0 aromatic carbocycles. The molecule has 0 N–H and O–H groups in total. The van der Waals surface area contributed by atoms with Crippen LogP contribution in [0.15, 0.2) is 10.5 Å². The molecule has 0 aliphatic rings. The van der Waals surface area contributed by atoms with E-state index in [1.54, 1.807) is 0 Å². The van der Waals surface area contributed by atoms with E-state index in [0.29, 0.717) is 0 Å². The topological polar surface area (TPSA) is 13.1 Å². The van der Waals surface area contributed by atoms with Crippen molar-refractivity contribution < 1.29 is 8.81 Å². The number of rotatable bonds is 0. The molecule has 2 heteroatoms. The summed E-state index contributed by atoms with van der Waals surface area (Å²) in [5.74, 6) is 0.731. The molecule has 62 valence electrons. The third-order valence-corrected chi connectivity index (χ3v) is 1.57. The van der Waals surface area contributed by atoms with E-state index in [0.717, 1.165) is 11.3 Å². The molecule has 0 atom stereocenters. The monoisotopic (exact) mass is 156 g/mol. The first-order valence-electron chi connectivity index (χ1n) is 3.67. The van der Waals surface area contributed by atoms with Gasteiger partial charge in [0, 0.05) is 11.5 Å². The van der Waals surface area contributed by atoms with Crippen LogP contribution < -0.4 is 0 Å². The Hall–Kier alpha value is -0.790. The predicted molar refractivity (Wildman–Crippen MR) is 42.1 cm³/mol. The standard InChI is InChI=1S/C9H13FO/c1-6-5-7(10)11-8(6)9(2,3)4/h5H,1-4H3. The SMILES string of the molecule is Cc1cc(F)oc1C(C)(C)C. The van der Waals surface area contributed by atoms with Gasteiger partial charge in [-0.2, -0.15) is 4.39 Å². The first kappa shape index (κ1) is 8.31. The molecule has 0 bridgehead atoms. The summed E-state index contributed by atoms with van der Waals surface area (Å²) in [6.45, 7) is 7.85. The van der Waals surface area contributed by atoms with Crippen molar-refractivity contribution in [1.29, 1.82) is 0 Å². The van der Waals surface area contributed by atoms with E-state index in [9.17, 15) is 4.39 Å². The van der Waals surface area contributed by atoms with Crippen molar-refractivity contribution >= 4 is 0 Å². The molecule has 1 nitrogen and oxygen atoms in total. The highest BCUT2D eigenvalue weighted by Gasteiger charge is 2.21. The van der Waals surface area contributed by atoms with E-state index in [1.165, 1.54) is 6.07 Å². The van der Waals surface area contributed by atoms with Gasteiger partial charge in [0.05, 0.1) is 0 Å². The van der Waals surface area contributed by atoms with Crippen molar-refractivity contribution in [3.05, 3.63) is 23.4 Å². The number of halogens is 1. The average Bonchev–Trinajstić information content (AvgIpc) is 2.08. The Morgan fingerprint density at radius 2 is 1.91 bits per heavy atom. The van der Waals surface area contributed by atoms with Gasteiger partial charge in [0.25, 0.3) is 6.01 Å². The lowest BCUT2D eigenvalue weighted by molar-refractivity contribution is 0.302.